The van der Waals surface area contributed by atoms with E-state index in [0.717, 1.165) is 12.8 Å². The molecule has 0 aromatic heterocycles. The molecule has 19 heavy (non-hydrogen) atoms. The Hall–Kier alpha value is -1.83. The molecule has 2 fully saturated rings. The van der Waals surface area contributed by atoms with Gasteiger partial charge in [-0.05, 0) is 12.8 Å². The first kappa shape index (κ1) is 13.6. The van der Waals surface area contributed by atoms with Gasteiger partial charge in [0, 0.05) is 12.6 Å². The number of urea groups is 1. The number of nitrogens with zero attached hydrogens (tertiary/aromatic N) is 1. The molecule has 0 bridgehead atoms. The minimum Gasteiger partial charge on any atom is -0.480 e. The second-order valence-electron chi connectivity index (χ2n) is 4.62. The predicted octanol–water partition coefficient (Wildman–Crippen LogP) is -1.24. The van der Waals surface area contributed by atoms with Crippen LogP contribution in [-0.4, -0.2) is 66.3 Å². The number of hydrogen-bond donors (Lipinski definition) is 3. The quantitative estimate of drug-likeness (QED) is 0.592. The third kappa shape index (κ3) is 3.82. The Morgan fingerprint density at radius 3 is 2.68 bits per heavy atom. The van der Waals surface area contributed by atoms with Crippen LogP contribution in [0.15, 0.2) is 0 Å². The molecule has 1 aliphatic carbocycles. The van der Waals surface area contributed by atoms with Crippen LogP contribution in [-0.2, 0) is 14.3 Å². The van der Waals surface area contributed by atoms with Crippen LogP contribution in [0.2, 0.25) is 0 Å². The van der Waals surface area contributed by atoms with Gasteiger partial charge in [-0.3, -0.25) is 4.79 Å². The largest absolute Gasteiger partial charge is 0.480 e. The molecule has 1 saturated heterocycles. The first-order valence-corrected chi connectivity index (χ1v) is 6.22. The van der Waals surface area contributed by atoms with Crippen molar-refractivity contribution in [2.45, 2.75) is 24.9 Å². The van der Waals surface area contributed by atoms with Crippen molar-refractivity contribution in [3.8, 4) is 0 Å². The number of carbonyl (C=O) groups excluding carboxylic acids is 2. The summed E-state index contributed by atoms with van der Waals surface area (Å²) in [5.74, 6) is -1.37. The van der Waals surface area contributed by atoms with Crippen LogP contribution in [0.25, 0.3) is 0 Å². The zero-order valence-electron chi connectivity index (χ0n) is 10.4. The van der Waals surface area contributed by atoms with Crippen molar-refractivity contribution in [3.63, 3.8) is 0 Å². The lowest BCUT2D eigenvalue weighted by molar-refractivity contribution is -0.147. The number of rotatable bonds is 4. The van der Waals surface area contributed by atoms with Crippen molar-refractivity contribution in [3.05, 3.63) is 0 Å². The molecule has 3 amide bonds. The van der Waals surface area contributed by atoms with Crippen molar-refractivity contribution in [2.75, 3.05) is 26.3 Å². The average molecular weight is 271 g/mol. The summed E-state index contributed by atoms with van der Waals surface area (Å²) >= 11 is 0. The second kappa shape index (κ2) is 5.87. The standard InChI is InChI=1S/C11H17N3O5/c15-9(13-7-1-2-7)5-12-11(18)14-3-4-19-6-8(14)10(16)17/h7-8H,1-6H2,(H,12,18)(H,13,15)(H,16,17). The van der Waals surface area contributed by atoms with E-state index in [9.17, 15) is 14.4 Å². The van der Waals surface area contributed by atoms with Gasteiger partial charge in [0.25, 0.3) is 0 Å². The Bertz CT molecular complexity index is 383. The number of ether oxygens (including phenoxy) is 1. The molecular weight excluding hydrogens is 254 g/mol. The molecule has 106 valence electrons. The smallest absolute Gasteiger partial charge is 0.328 e. The molecule has 2 rings (SSSR count). The van der Waals surface area contributed by atoms with Crippen LogP contribution in [0, 0.1) is 0 Å². The zero-order chi connectivity index (χ0) is 13.8. The molecule has 1 saturated carbocycles. The van der Waals surface area contributed by atoms with Gasteiger partial charge in [0.2, 0.25) is 5.91 Å². The molecule has 0 aromatic carbocycles. The highest BCUT2D eigenvalue weighted by atomic mass is 16.5. The van der Waals surface area contributed by atoms with E-state index in [0.29, 0.717) is 6.61 Å². The molecule has 8 nitrogen and oxygen atoms in total. The van der Waals surface area contributed by atoms with Crippen LogP contribution >= 0.6 is 0 Å². The summed E-state index contributed by atoms with van der Waals surface area (Å²) < 4.78 is 5.03. The lowest BCUT2D eigenvalue weighted by Crippen LogP contribution is -2.56. The number of morpholine rings is 1. The minimum absolute atomic E-state index is 0.0307. The van der Waals surface area contributed by atoms with E-state index in [2.05, 4.69) is 10.6 Å². The topological polar surface area (TPSA) is 108 Å². The maximum atomic E-state index is 11.8. The fourth-order valence-corrected chi connectivity index (χ4v) is 1.82. The van der Waals surface area contributed by atoms with E-state index in [4.69, 9.17) is 9.84 Å². The molecule has 1 atom stereocenters. The van der Waals surface area contributed by atoms with E-state index in [1.54, 1.807) is 0 Å². The highest BCUT2D eigenvalue weighted by molar-refractivity contribution is 5.87. The fraction of sp³-hybridized carbons (Fsp3) is 0.727. The second-order valence-corrected chi connectivity index (χ2v) is 4.62. The van der Waals surface area contributed by atoms with Crippen molar-refractivity contribution in [2.24, 2.45) is 0 Å². The molecule has 0 aromatic rings. The molecule has 3 N–H and O–H groups in total. The number of nitrogens with one attached hydrogen (secondary N) is 2. The van der Waals surface area contributed by atoms with Crippen LogP contribution in [0.3, 0.4) is 0 Å². The van der Waals surface area contributed by atoms with Gasteiger partial charge in [-0.15, -0.1) is 0 Å². The summed E-state index contributed by atoms with van der Waals surface area (Å²) in [6.45, 7) is 0.328. The first-order chi connectivity index (χ1) is 9.08. The highest BCUT2D eigenvalue weighted by Gasteiger charge is 2.33. The lowest BCUT2D eigenvalue weighted by Gasteiger charge is -2.32. The summed E-state index contributed by atoms with van der Waals surface area (Å²) in [4.78, 5) is 35.4. The van der Waals surface area contributed by atoms with Crippen LogP contribution < -0.4 is 10.6 Å². The maximum Gasteiger partial charge on any atom is 0.328 e. The molecule has 8 heteroatoms. The Kier molecular flexibility index (Phi) is 4.20. The van der Waals surface area contributed by atoms with E-state index in [1.165, 1.54) is 4.90 Å². The molecule has 1 unspecified atom stereocenters. The number of amides is 3. The Morgan fingerprint density at radius 1 is 1.32 bits per heavy atom. The summed E-state index contributed by atoms with van der Waals surface area (Å²) in [7, 11) is 0. The van der Waals surface area contributed by atoms with Gasteiger partial charge in [0.05, 0.1) is 19.8 Å². The van der Waals surface area contributed by atoms with E-state index in [-0.39, 0.29) is 31.6 Å². The minimum atomic E-state index is -1.11. The number of carboxylic acid groups (broad SMARTS) is 1. The van der Waals surface area contributed by atoms with Gasteiger partial charge < -0.3 is 25.4 Å². The van der Waals surface area contributed by atoms with Crippen molar-refractivity contribution in [1.29, 1.82) is 0 Å². The summed E-state index contributed by atoms with van der Waals surface area (Å²) in [6, 6.07) is -1.32. The number of carbonyl (C=O) groups is 3. The van der Waals surface area contributed by atoms with Gasteiger partial charge >= 0.3 is 12.0 Å². The van der Waals surface area contributed by atoms with E-state index < -0.39 is 18.0 Å². The third-order valence-electron chi connectivity index (χ3n) is 3.02. The number of hydrogen-bond acceptors (Lipinski definition) is 4. The van der Waals surface area contributed by atoms with Gasteiger partial charge in [-0.25, -0.2) is 9.59 Å². The SMILES string of the molecule is O=C(CNC(=O)N1CCOCC1C(=O)O)NC1CC1. The van der Waals surface area contributed by atoms with Gasteiger partial charge in [-0.1, -0.05) is 0 Å². The van der Waals surface area contributed by atoms with Crippen LogP contribution in [0.1, 0.15) is 12.8 Å². The first-order valence-electron chi connectivity index (χ1n) is 6.22. The van der Waals surface area contributed by atoms with Crippen LogP contribution in [0.4, 0.5) is 4.79 Å². The van der Waals surface area contributed by atoms with Crippen molar-refractivity contribution in [1.82, 2.24) is 15.5 Å². The van der Waals surface area contributed by atoms with E-state index in [1.807, 2.05) is 0 Å². The van der Waals surface area contributed by atoms with Gasteiger partial charge in [0.1, 0.15) is 0 Å². The summed E-state index contributed by atoms with van der Waals surface area (Å²) in [6.07, 6.45) is 1.95. The third-order valence-corrected chi connectivity index (χ3v) is 3.02. The highest BCUT2D eigenvalue weighted by Crippen LogP contribution is 2.18. The summed E-state index contributed by atoms with van der Waals surface area (Å²) in [5.41, 5.74) is 0. The van der Waals surface area contributed by atoms with Crippen molar-refractivity contribution >= 4 is 17.9 Å². The van der Waals surface area contributed by atoms with Gasteiger partial charge in [0.15, 0.2) is 6.04 Å². The molecular formula is C11H17N3O5. The van der Waals surface area contributed by atoms with Gasteiger partial charge in [-0.2, -0.15) is 0 Å². The molecule has 1 heterocycles. The Morgan fingerprint density at radius 2 is 2.05 bits per heavy atom. The fourth-order valence-electron chi connectivity index (χ4n) is 1.82. The number of carboxylic acids is 1. The molecule has 0 spiro atoms. The summed E-state index contributed by atoms with van der Waals surface area (Å²) in [5, 5.41) is 14.1. The zero-order valence-corrected chi connectivity index (χ0v) is 10.4. The Labute approximate surface area is 110 Å². The molecule has 0 radical (unpaired) electrons. The molecule has 2 aliphatic rings. The average Bonchev–Trinajstić information content (AvgIpc) is 3.19. The molecule has 1 aliphatic heterocycles. The maximum absolute atomic E-state index is 11.8. The monoisotopic (exact) mass is 271 g/mol. The Balaban J connectivity index is 1.79. The van der Waals surface area contributed by atoms with Crippen molar-refractivity contribution < 1.29 is 24.2 Å². The lowest BCUT2D eigenvalue weighted by atomic mass is 10.2. The number of aliphatic carboxylic acids is 1. The van der Waals surface area contributed by atoms with E-state index >= 15 is 0 Å². The van der Waals surface area contributed by atoms with Crippen LogP contribution in [0.5, 0.6) is 0 Å². The normalized spacial score (nSPS) is 22.7. The predicted molar refractivity (Wildman–Crippen MR) is 63.5 cm³/mol.